The van der Waals surface area contributed by atoms with E-state index in [1.54, 1.807) is 48.4 Å². The molecule has 0 aliphatic heterocycles. The second kappa shape index (κ2) is 16.9. The minimum atomic E-state index is 0. The largest absolute Gasteiger partial charge is 1.00 e. The zero-order valence-corrected chi connectivity index (χ0v) is 30.4. The van der Waals surface area contributed by atoms with Crippen LogP contribution in [0.5, 0.6) is 0 Å². The molecule has 8 heteroatoms. The van der Waals surface area contributed by atoms with E-state index in [0.29, 0.717) is 0 Å². The normalized spacial score (nSPS) is 15.5. The van der Waals surface area contributed by atoms with Crippen molar-refractivity contribution in [1.29, 1.82) is 0 Å². The van der Waals surface area contributed by atoms with Crippen molar-refractivity contribution in [2.75, 3.05) is 0 Å². The zero-order chi connectivity index (χ0) is 30.3. The minimum Gasteiger partial charge on any atom is -1.00 e. The van der Waals surface area contributed by atoms with Gasteiger partial charge in [0, 0.05) is 11.8 Å². The van der Waals surface area contributed by atoms with Crippen LogP contribution in [0.25, 0.3) is 34.8 Å². The maximum Gasteiger partial charge on any atom is -1.00 e. The van der Waals surface area contributed by atoms with Crippen molar-refractivity contribution in [3.05, 3.63) is 168 Å². The Morgan fingerprint density at radius 2 is 0.978 bits per heavy atom. The maximum atomic E-state index is 5.58. The van der Waals surface area contributed by atoms with E-state index in [4.69, 9.17) is 17.7 Å². The first kappa shape index (κ1) is 35.3. The summed E-state index contributed by atoms with van der Waals surface area (Å²) in [4.78, 5) is 0. The number of hydrogen-bond donors (Lipinski definition) is 0. The summed E-state index contributed by atoms with van der Waals surface area (Å²) >= 11 is 1.74. The summed E-state index contributed by atoms with van der Waals surface area (Å²) in [5.41, 5.74) is 7.34. The minimum absolute atomic E-state index is 0. The van der Waals surface area contributed by atoms with Gasteiger partial charge in [-0.2, -0.15) is 0 Å². The SMILES string of the molecule is C1=Cc2[cH-]c(-c3ccco3)cc2C(c2ccco2)C=C1.C1=Cc2[cH-]c(-c3ccco3)cc2C(c2ccco2)C=C1.C[Si](C)=[Zr+2].[Cl-].[Cl-]. The smallest absolute Gasteiger partial charge is 1.00 e. The molecule has 0 spiro atoms. The topological polar surface area (TPSA) is 52.6 Å². The standard InChI is InChI=1S/2C18H13O2.C2H6Si.2ClH.Zr/c2*1-2-6-15(18-8-4-10-20-18)16-12-14(11-13(16)5-1)17-7-3-9-19-17;1-3-2;;;/h2*1-12,15H;1-2H3;2*1H;/q2*-1;;;;+2/p-2. The summed E-state index contributed by atoms with van der Waals surface area (Å²) < 4.78 is 22.1. The van der Waals surface area contributed by atoms with Crippen LogP contribution in [0.4, 0.5) is 0 Å². The molecule has 0 radical (unpaired) electrons. The number of allylic oxidation sites excluding steroid dienone is 6. The summed E-state index contributed by atoms with van der Waals surface area (Å²) in [6.07, 6.45) is 23.7. The first-order valence-electron chi connectivity index (χ1n) is 14.5. The van der Waals surface area contributed by atoms with Crippen LogP contribution < -0.4 is 24.8 Å². The average Bonchev–Trinajstić information content (AvgIpc) is 3.86. The molecule has 4 aromatic heterocycles. The molecular formula is C38H32Cl2O4SiZr-2. The van der Waals surface area contributed by atoms with Crippen LogP contribution >= 0.6 is 0 Å². The number of rotatable bonds is 4. The Balaban J connectivity index is 0.000000180. The predicted molar refractivity (Wildman–Crippen MR) is 174 cm³/mol. The number of hydrogen-bond acceptors (Lipinski definition) is 4. The molecule has 4 heterocycles. The Bertz CT molecular complexity index is 1760. The molecule has 2 aromatic carbocycles. The summed E-state index contributed by atoms with van der Waals surface area (Å²) in [6.45, 7) is 4.62. The average molecular weight is 743 g/mol. The molecule has 0 amide bonds. The monoisotopic (exact) mass is 740 g/mol. The van der Waals surface area contributed by atoms with Crippen LogP contribution in [0.3, 0.4) is 0 Å². The van der Waals surface area contributed by atoms with Gasteiger partial charge in [0.15, 0.2) is 0 Å². The van der Waals surface area contributed by atoms with E-state index in [-0.39, 0.29) is 42.1 Å². The Kier molecular flexibility index (Phi) is 12.9. The second-order valence-electron chi connectivity index (χ2n) is 10.7. The molecule has 0 saturated carbocycles. The van der Waals surface area contributed by atoms with E-state index in [1.807, 2.05) is 48.5 Å². The molecule has 2 aliphatic rings. The van der Waals surface area contributed by atoms with Gasteiger partial charge >= 0.3 is 41.9 Å². The summed E-state index contributed by atoms with van der Waals surface area (Å²) in [6, 6.07) is 24.4. The van der Waals surface area contributed by atoms with Gasteiger partial charge in [-0.1, -0.05) is 59.7 Å². The predicted octanol–water partition coefficient (Wildman–Crippen LogP) is 4.74. The second-order valence-corrected chi connectivity index (χ2v) is 20.1. The molecule has 6 aromatic rings. The molecule has 2 atom stereocenters. The van der Waals surface area contributed by atoms with Crippen molar-refractivity contribution >= 4 is 17.6 Å². The third kappa shape index (κ3) is 8.43. The maximum absolute atomic E-state index is 5.58. The Morgan fingerprint density at radius 1 is 0.587 bits per heavy atom. The molecule has 0 bridgehead atoms. The van der Waals surface area contributed by atoms with Crippen LogP contribution in [-0.4, -0.2) is 5.43 Å². The van der Waals surface area contributed by atoms with Gasteiger partial charge in [0.1, 0.15) is 11.5 Å². The fourth-order valence-corrected chi connectivity index (χ4v) is 5.39. The summed E-state index contributed by atoms with van der Waals surface area (Å²) in [5.74, 6) is 4.02. The van der Waals surface area contributed by atoms with Gasteiger partial charge in [-0.15, -0.1) is 58.7 Å². The van der Waals surface area contributed by atoms with Crippen molar-refractivity contribution in [3.63, 3.8) is 0 Å². The van der Waals surface area contributed by atoms with Crippen molar-refractivity contribution in [3.8, 4) is 22.6 Å². The van der Waals surface area contributed by atoms with Crippen molar-refractivity contribution in [2.45, 2.75) is 24.9 Å². The molecule has 0 N–H and O–H groups in total. The third-order valence-electron chi connectivity index (χ3n) is 7.27. The molecule has 232 valence electrons. The summed E-state index contributed by atoms with van der Waals surface area (Å²) in [5, 5.41) is 0. The molecule has 46 heavy (non-hydrogen) atoms. The third-order valence-corrected chi connectivity index (χ3v) is 7.27. The van der Waals surface area contributed by atoms with Crippen molar-refractivity contribution < 1.29 is 65.8 Å². The fourth-order valence-electron chi connectivity index (χ4n) is 5.39. The van der Waals surface area contributed by atoms with Crippen LogP contribution in [0.15, 0.2) is 152 Å². The molecule has 4 nitrogen and oxygen atoms in total. The number of fused-ring (bicyclic) bond motifs is 2. The Morgan fingerprint density at radius 3 is 1.33 bits per heavy atom. The molecule has 2 unspecified atom stereocenters. The molecule has 2 aliphatic carbocycles. The molecular weight excluding hydrogens is 711 g/mol. The molecule has 0 saturated heterocycles. The van der Waals surface area contributed by atoms with Gasteiger partial charge in [-0.25, -0.2) is 0 Å². The van der Waals surface area contributed by atoms with Gasteiger partial charge in [0.25, 0.3) is 0 Å². The summed E-state index contributed by atoms with van der Waals surface area (Å²) in [7, 11) is 0. The van der Waals surface area contributed by atoms with Gasteiger partial charge < -0.3 is 42.5 Å². The van der Waals surface area contributed by atoms with E-state index in [9.17, 15) is 0 Å². The van der Waals surface area contributed by atoms with E-state index >= 15 is 0 Å². The van der Waals surface area contributed by atoms with Gasteiger partial charge in [-0.3, -0.25) is 0 Å². The molecule has 0 fully saturated rings. The van der Waals surface area contributed by atoms with E-state index in [1.165, 1.54) is 22.3 Å². The van der Waals surface area contributed by atoms with Crippen LogP contribution in [0, 0.1) is 0 Å². The van der Waals surface area contributed by atoms with Crippen LogP contribution in [0.2, 0.25) is 13.1 Å². The number of halogens is 2. The van der Waals surface area contributed by atoms with E-state index < -0.39 is 0 Å². The Labute approximate surface area is 297 Å². The Hall–Kier alpha value is -3.54. The van der Waals surface area contributed by atoms with E-state index in [0.717, 1.165) is 34.2 Å². The van der Waals surface area contributed by atoms with Crippen LogP contribution in [-0.2, 0) is 23.3 Å². The van der Waals surface area contributed by atoms with Crippen molar-refractivity contribution in [2.24, 2.45) is 0 Å². The quantitative estimate of drug-likeness (QED) is 0.194. The van der Waals surface area contributed by atoms with E-state index in [2.05, 4.69) is 86.0 Å². The van der Waals surface area contributed by atoms with Crippen LogP contribution in [0.1, 0.15) is 45.6 Å². The van der Waals surface area contributed by atoms with Gasteiger partial charge in [-0.05, 0) is 36.4 Å². The first-order chi connectivity index (χ1) is 21.6. The molecule has 8 rings (SSSR count). The number of furan rings is 4. The van der Waals surface area contributed by atoms with Crippen molar-refractivity contribution in [1.82, 2.24) is 0 Å². The zero-order valence-electron chi connectivity index (χ0n) is 25.4. The first-order valence-corrected chi connectivity index (χ1v) is 20.7. The fraction of sp³-hybridized carbons (Fsp3) is 0.105. The van der Waals surface area contributed by atoms with Gasteiger partial charge in [0.05, 0.1) is 36.6 Å². The van der Waals surface area contributed by atoms with Gasteiger partial charge in [0.2, 0.25) is 0 Å².